The van der Waals surface area contributed by atoms with Crippen molar-refractivity contribution in [2.24, 2.45) is 23.5 Å². The predicted molar refractivity (Wildman–Crippen MR) is 82.3 cm³/mol. The van der Waals surface area contributed by atoms with Gasteiger partial charge in [0, 0.05) is 13.1 Å². The quantitative estimate of drug-likeness (QED) is 0.710. The Hall–Kier alpha value is -0.610. The van der Waals surface area contributed by atoms with Crippen LogP contribution >= 0.6 is 0 Å². The summed E-state index contributed by atoms with van der Waals surface area (Å²) >= 11 is 0. The fourth-order valence-electron chi connectivity index (χ4n) is 4.20. The number of amides is 1. The van der Waals surface area contributed by atoms with Crippen LogP contribution in [0.2, 0.25) is 0 Å². The number of rotatable bonds is 8. The van der Waals surface area contributed by atoms with Gasteiger partial charge >= 0.3 is 0 Å². The molecule has 2 bridgehead atoms. The summed E-state index contributed by atoms with van der Waals surface area (Å²) in [4.78, 5) is 14.0. The largest absolute Gasteiger partial charge is 0.368 e. The van der Waals surface area contributed by atoms with Crippen LogP contribution in [0.5, 0.6) is 0 Å². The Bertz CT molecular complexity index is 347. The zero-order valence-corrected chi connectivity index (χ0v) is 13.3. The number of nitrogens with zero attached hydrogens (tertiary/aromatic N) is 1. The Balaban J connectivity index is 1.76. The van der Waals surface area contributed by atoms with E-state index in [0.29, 0.717) is 0 Å². The third-order valence-electron chi connectivity index (χ3n) is 5.54. The molecule has 4 heteroatoms. The number of nitrogens with two attached hydrogens (primary N) is 1. The molecule has 0 aromatic heterocycles. The van der Waals surface area contributed by atoms with Crippen LogP contribution in [0.3, 0.4) is 0 Å². The van der Waals surface area contributed by atoms with E-state index in [4.69, 9.17) is 5.73 Å². The normalized spacial score (nSPS) is 31.7. The van der Waals surface area contributed by atoms with Crippen molar-refractivity contribution in [3.63, 3.8) is 0 Å². The Morgan fingerprint density at radius 2 is 2.15 bits per heavy atom. The van der Waals surface area contributed by atoms with Crippen LogP contribution in [0.25, 0.3) is 0 Å². The van der Waals surface area contributed by atoms with Crippen LogP contribution in [-0.4, -0.2) is 43.0 Å². The van der Waals surface area contributed by atoms with E-state index in [1.807, 2.05) is 13.8 Å². The number of nitrogens with one attached hydrogen (secondary N) is 1. The molecule has 4 nitrogen and oxygen atoms in total. The molecule has 0 radical (unpaired) electrons. The van der Waals surface area contributed by atoms with Crippen LogP contribution < -0.4 is 11.1 Å². The molecular weight excluding hydrogens is 250 g/mol. The predicted octanol–water partition coefficient (Wildman–Crippen LogP) is 1.60. The molecule has 116 valence electrons. The fourth-order valence-corrected chi connectivity index (χ4v) is 4.20. The van der Waals surface area contributed by atoms with Gasteiger partial charge in [-0.3, -0.25) is 4.79 Å². The first-order chi connectivity index (χ1) is 9.44. The van der Waals surface area contributed by atoms with Crippen molar-refractivity contribution in [1.82, 2.24) is 10.2 Å². The summed E-state index contributed by atoms with van der Waals surface area (Å²) in [6, 6.07) is 0. The van der Waals surface area contributed by atoms with Gasteiger partial charge in [-0.2, -0.15) is 0 Å². The molecule has 4 unspecified atom stereocenters. The molecule has 0 saturated heterocycles. The van der Waals surface area contributed by atoms with Gasteiger partial charge in [0.2, 0.25) is 5.91 Å². The minimum atomic E-state index is -0.572. The number of hydrogen-bond acceptors (Lipinski definition) is 3. The summed E-state index contributed by atoms with van der Waals surface area (Å²) in [6.07, 6.45) is 6.59. The zero-order valence-electron chi connectivity index (χ0n) is 13.3. The maximum absolute atomic E-state index is 11.6. The smallest absolute Gasteiger partial charge is 0.237 e. The highest BCUT2D eigenvalue weighted by Gasteiger charge is 2.39. The van der Waals surface area contributed by atoms with Gasteiger partial charge in [-0.25, -0.2) is 0 Å². The van der Waals surface area contributed by atoms with Gasteiger partial charge in [-0.15, -0.1) is 0 Å². The van der Waals surface area contributed by atoms with Crippen LogP contribution in [-0.2, 0) is 4.79 Å². The van der Waals surface area contributed by atoms with Crippen LogP contribution in [0.15, 0.2) is 0 Å². The molecule has 2 fully saturated rings. The molecule has 2 aliphatic carbocycles. The van der Waals surface area contributed by atoms with Crippen molar-refractivity contribution < 1.29 is 4.79 Å². The summed E-state index contributed by atoms with van der Waals surface area (Å²) in [5, 5.41) is 3.23. The third kappa shape index (κ3) is 3.53. The highest BCUT2D eigenvalue weighted by molar-refractivity contribution is 5.84. The summed E-state index contributed by atoms with van der Waals surface area (Å²) in [5.41, 5.74) is 4.96. The van der Waals surface area contributed by atoms with Crippen molar-refractivity contribution in [2.75, 3.05) is 26.7 Å². The van der Waals surface area contributed by atoms with Crippen molar-refractivity contribution in [3.8, 4) is 0 Å². The maximum Gasteiger partial charge on any atom is 0.237 e. The van der Waals surface area contributed by atoms with Gasteiger partial charge in [-0.05, 0) is 64.0 Å². The van der Waals surface area contributed by atoms with Crippen LogP contribution in [0.4, 0.5) is 0 Å². The molecule has 2 rings (SSSR count). The van der Waals surface area contributed by atoms with E-state index in [-0.39, 0.29) is 5.91 Å². The number of likely N-dealkylation sites (N-methyl/N-ethyl adjacent to an activating group) is 1. The van der Waals surface area contributed by atoms with Crippen molar-refractivity contribution in [2.45, 2.75) is 51.5 Å². The van der Waals surface area contributed by atoms with Gasteiger partial charge in [0.15, 0.2) is 0 Å². The molecule has 0 aliphatic heterocycles. The van der Waals surface area contributed by atoms with E-state index in [1.54, 1.807) is 0 Å². The lowest BCUT2D eigenvalue weighted by Crippen LogP contribution is -2.54. The number of carbonyl (C=O) groups is 1. The average Bonchev–Trinajstić information content (AvgIpc) is 2.99. The number of primary amides is 1. The lowest BCUT2D eigenvalue weighted by molar-refractivity contribution is -0.124. The molecule has 1 amide bonds. The third-order valence-corrected chi connectivity index (χ3v) is 5.54. The Kier molecular flexibility index (Phi) is 5.08. The second kappa shape index (κ2) is 6.44. The van der Waals surface area contributed by atoms with Gasteiger partial charge in [0.1, 0.15) is 0 Å². The molecule has 0 aromatic rings. The van der Waals surface area contributed by atoms with E-state index in [9.17, 15) is 4.79 Å². The van der Waals surface area contributed by atoms with E-state index < -0.39 is 5.54 Å². The van der Waals surface area contributed by atoms with Gasteiger partial charge in [-0.1, -0.05) is 13.3 Å². The molecule has 2 saturated carbocycles. The van der Waals surface area contributed by atoms with Gasteiger partial charge in [0.25, 0.3) is 0 Å². The molecule has 20 heavy (non-hydrogen) atoms. The van der Waals surface area contributed by atoms with Crippen LogP contribution in [0, 0.1) is 17.8 Å². The Morgan fingerprint density at radius 1 is 1.40 bits per heavy atom. The van der Waals surface area contributed by atoms with Crippen molar-refractivity contribution in [1.29, 1.82) is 0 Å². The lowest BCUT2D eigenvalue weighted by atomic mass is 9.88. The molecule has 0 aromatic carbocycles. The molecular formula is C16H31N3O. The molecule has 4 atom stereocenters. The summed E-state index contributed by atoms with van der Waals surface area (Å²) in [7, 11) is 2.18. The van der Waals surface area contributed by atoms with Crippen LogP contribution in [0.1, 0.15) is 46.0 Å². The standard InChI is InChI=1S/C16H31N3O/c1-4-18-16(2,15(17)20)7-8-19(3)11-14-10-12-5-6-13(14)9-12/h12-14,18H,4-11H2,1-3H3,(H2,17,20). The second-order valence-corrected chi connectivity index (χ2v) is 7.17. The monoisotopic (exact) mass is 281 g/mol. The highest BCUT2D eigenvalue weighted by Crippen LogP contribution is 2.48. The topological polar surface area (TPSA) is 58.4 Å². The molecule has 2 aliphatic rings. The molecule has 0 spiro atoms. The zero-order chi connectivity index (χ0) is 14.8. The van der Waals surface area contributed by atoms with Crippen molar-refractivity contribution >= 4 is 5.91 Å². The van der Waals surface area contributed by atoms with E-state index >= 15 is 0 Å². The Labute approximate surface area is 123 Å². The SMILES string of the molecule is CCNC(C)(CCN(C)CC1CC2CCC1C2)C(N)=O. The highest BCUT2D eigenvalue weighted by atomic mass is 16.1. The number of carbonyl (C=O) groups excluding carboxylic acids is 1. The molecule has 3 N–H and O–H groups in total. The maximum atomic E-state index is 11.6. The summed E-state index contributed by atoms with van der Waals surface area (Å²) in [5.74, 6) is 2.63. The lowest BCUT2D eigenvalue weighted by Gasteiger charge is -2.31. The van der Waals surface area contributed by atoms with E-state index in [2.05, 4.69) is 17.3 Å². The fraction of sp³-hybridized carbons (Fsp3) is 0.938. The first-order valence-corrected chi connectivity index (χ1v) is 8.18. The summed E-state index contributed by atoms with van der Waals surface area (Å²) in [6.45, 7) is 6.82. The van der Waals surface area contributed by atoms with E-state index in [1.165, 1.54) is 32.2 Å². The second-order valence-electron chi connectivity index (χ2n) is 7.17. The first kappa shape index (κ1) is 15.8. The minimum absolute atomic E-state index is 0.243. The van der Waals surface area contributed by atoms with Crippen molar-refractivity contribution in [3.05, 3.63) is 0 Å². The minimum Gasteiger partial charge on any atom is -0.368 e. The average molecular weight is 281 g/mol. The molecule has 0 heterocycles. The van der Waals surface area contributed by atoms with Gasteiger partial charge in [0.05, 0.1) is 5.54 Å². The summed E-state index contributed by atoms with van der Waals surface area (Å²) < 4.78 is 0. The first-order valence-electron chi connectivity index (χ1n) is 8.18. The van der Waals surface area contributed by atoms with Gasteiger partial charge < -0.3 is 16.0 Å². The number of fused-ring (bicyclic) bond motifs is 2. The van der Waals surface area contributed by atoms with E-state index in [0.717, 1.165) is 37.3 Å². The Morgan fingerprint density at radius 3 is 2.65 bits per heavy atom. The number of hydrogen-bond donors (Lipinski definition) is 2.